The van der Waals surface area contributed by atoms with Crippen molar-refractivity contribution in [1.29, 1.82) is 0 Å². The lowest BCUT2D eigenvalue weighted by Gasteiger charge is -2.37. The van der Waals surface area contributed by atoms with Gasteiger partial charge in [-0.05, 0) is 48.1 Å². The molecule has 3 rings (SSSR count). The highest BCUT2D eigenvalue weighted by atomic mass is 79.9. The van der Waals surface area contributed by atoms with E-state index in [-0.39, 0.29) is 0 Å². The first-order valence-corrected chi connectivity index (χ1v) is 8.53. The van der Waals surface area contributed by atoms with Gasteiger partial charge in [0.2, 0.25) is 0 Å². The van der Waals surface area contributed by atoms with E-state index in [1.54, 1.807) is 0 Å². The second kappa shape index (κ2) is 6.76. The fourth-order valence-electron chi connectivity index (χ4n) is 3.42. The van der Waals surface area contributed by atoms with Crippen molar-refractivity contribution in [3.8, 4) is 0 Å². The summed E-state index contributed by atoms with van der Waals surface area (Å²) in [5.74, 6) is 1.41. The van der Waals surface area contributed by atoms with Crippen molar-refractivity contribution in [2.75, 3.05) is 13.1 Å². The first kappa shape index (κ1) is 14.8. The molecule has 0 bridgehead atoms. The van der Waals surface area contributed by atoms with Crippen molar-refractivity contribution >= 4 is 15.9 Å². The highest BCUT2D eigenvalue weighted by Crippen LogP contribution is 2.33. The van der Waals surface area contributed by atoms with Crippen LogP contribution in [0.15, 0.2) is 59.1 Å². The van der Waals surface area contributed by atoms with Crippen molar-refractivity contribution in [2.45, 2.75) is 25.8 Å². The summed E-state index contributed by atoms with van der Waals surface area (Å²) in [5.41, 5.74) is 2.91. The Morgan fingerprint density at radius 3 is 2.43 bits per heavy atom. The molecule has 0 aromatic heterocycles. The van der Waals surface area contributed by atoms with Crippen molar-refractivity contribution in [3.05, 3.63) is 70.2 Å². The van der Waals surface area contributed by atoms with Gasteiger partial charge in [0.05, 0.1) is 0 Å². The second-order valence-corrected chi connectivity index (χ2v) is 7.06. The molecular weight excluding hydrogens is 322 g/mol. The molecule has 0 unspecified atom stereocenters. The first-order chi connectivity index (χ1) is 10.2. The fraction of sp³-hybridized carbons (Fsp3) is 0.368. The van der Waals surface area contributed by atoms with Crippen LogP contribution in [-0.4, -0.2) is 18.0 Å². The fourth-order valence-corrected chi connectivity index (χ4v) is 3.69. The van der Waals surface area contributed by atoms with Gasteiger partial charge in [0.25, 0.3) is 0 Å². The van der Waals surface area contributed by atoms with Gasteiger partial charge in [0, 0.05) is 17.6 Å². The molecule has 2 aromatic carbocycles. The van der Waals surface area contributed by atoms with Crippen LogP contribution in [0.3, 0.4) is 0 Å². The zero-order valence-electron chi connectivity index (χ0n) is 12.5. The second-order valence-electron chi connectivity index (χ2n) is 6.14. The summed E-state index contributed by atoms with van der Waals surface area (Å²) in [5, 5.41) is 0. The summed E-state index contributed by atoms with van der Waals surface area (Å²) in [6.07, 6.45) is 1.26. The van der Waals surface area contributed by atoms with Crippen molar-refractivity contribution in [3.63, 3.8) is 0 Å². The summed E-state index contributed by atoms with van der Waals surface area (Å²) in [4.78, 5) is 2.59. The first-order valence-electron chi connectivity index (χ1n) is 7.74. The number of likely N-dealkylation sites (tertiary alicyclic amines) is 1. The van der Waals surface area contributed by atoms with Crippen molar-refractivity contribution in [2.24, 2.45) is 5.92 Å². The normalized spacial score (nSPS) is 23.1. The molecule has 0 aliphatic carbocycles. The third-order valence-electron chi connectivity index (χ3n) is 4.54. The molecule has 2 heteroatoms. The molecule has 1 nitrogen and oxygen atoms in total. The van der Waals surface area contributed by atoms with E-state index in [0.29, 0.717) is 11.8 Å². The maximum Gasteiger partial charge on any atom is 0.0233 e. The molecule has 1 saturated heterocycles. The van der Waals surface area contributed by atoms with Crippen molar-refractivity contribution in [1.82, 2.24) is 4.90 Å². The zero-order chi connectivity index (χ0) is 14.7. The zero-order valence-corrected chi connectivity index (χ0v) is 14.1. The largest absolute Gasteiger partial charge is 0.299 e. The number of hydrogen-bond acceptors (Lipinski definition) is 1. The Labute approximate surface area is 136 Å². The summed E-state index contributed by atoms with van der Waals surface area (Å²) in [7, 11) is 0. The number of benzene rings is 2. The van der Waals surface area contributed by atoms with Crippen LogP contribution in [0.2, 0.25) is 0 Å². The van der Waals surface area contributed by atoms with Gasteiger partial charge in [0.15, 0.2) is 0 Å². The monoisotopic (exact) mass is 343 g/mol. The Morgan fingerprint density at radius 1 is 1.05 bits per heavy atom. The lowest BCUT2D eigenvalue weighted by atomic mass is 9.81. The average Bonchev–Trinajstić information content (AvgIpc) is 2.50. The number of hydrogen-bond donors (Lipinski definition) is 0. The Bertz CT molecular complexity index is 564. The summed E-state index contributed by atoms with van der Waals surface area (Å²) in [6.45, 7) is 5.86. The quantitative estimate of drug-likeness (QED) is 0.751. The van der Waals surface area contributed by atoms with E-state index in [0.717, 1.165) is 6.54 Å². The van der Waals surface area contributed by atoms with Gasteiger partial charge in [0.1, 0.15) is 0 Å². The van der Waals surface area contributed by atoms with E-state index in [4.69, 9.17) is 0 Å². The molecule has 0 saturated carbocycles. The van der Waals surface area contributed by atoms with E-state index < -0.39 is 0 Å². The molecule has 0 spiro atoms. The lowest BCUT2D eigenvalue weighted by Crippen LogP contribution is -2.37. The molecule has 2 aromatic rings. The Morgan fingerprint density at radius 2 is 1.76 bits per heavy atom. The molecular formula is C19H22BrN. The van der Waals surface area contributed by atoms with Crippen LogP contribution in [0.4, 0.5) is 0 Å². The van der Waals surface area contributed by atoms with Crippen LogP contribution in [0.25, 0.3) is 0 Å². The van der Waals surface area contributed by atoms with Crippen molar-refractivity contribution < 1.29 is 0 Å². The lowest BCUT2D eigenvalue weighted by molar-refractivity contribution is 0.156. The summed E-state index contributed by atoms with van der Waals surface area (Å²) >= 11 is 3.52. The SMILES string of the molecule is C[C@H]1CN(Cc2ccccc2)CC[C@@H]1c1ccc(Br)cc1. The van der Waals surface area contributed by atoms with Gasteiger partial charge in [-0.1, -0.05) is 65.3 Å². The summed E-state index contributed by atoms with van der Waals surface area (Å²) < 4.78 is 1.17. The van der Waals surface area contributed by atoms with E-state index >= 15 is 0 Å². The molecule has 1 aliphatic rings. The third kappa shape index (κ3) is 3.75. The molecule has 1 heterocycles. The van der Waals surface area contributed by atoms with Gasteiger partial charge < -0.3 is 0 Å². The molecule has 0 amide bonds. The van der Waals surface area contributed by atoms with E-state index in [1.807, 2.05) is 0 Å². The van der Waals surface area contributed by atoms with E-state index in [9.17, 15) is 0 Å². The third-order valence-corrected chi connectivity index (χ3v) is 5.07. The highest BCUT2D eigenvalue weighted by Gasteiger charge is 2.27. The average molecular weight is 344 g/mol. The Kier molecular flexibility index (Phi) is 4.77. The minimum Gasteiger partial charge on any atom is -0.299 e. The van der Waals surface area contributed by atoms with Crippen LogP contribution < -0.4 is 0 Å². The van der Waals surface area contributed by atoms with Gasteiger partial charge in [-0.25, -0.2) is 0 Å². The standard InChI is InChI=1S/C19H22BrN/c1-15-13-21(14-16-5-3-2-4-6-16)12-11-19(15)17-7-9-18(20)10-8-17/h2-10,15,19H,11-14H2,1H3/t15-,19-/m0/s1. The van der Waals surface area contributed by atoms with Gasteiger partial charge in [-0.15, -0.1) is 0 Å². The van der Waals surface area contributed by atoms with Crippen LogP contribution in [-0.2, 0) is 6.54 Å². The number of nitrogens with zero attached hydrogens (tertiary/aromatic N) is 1. The molecule has 1 fully saturated rings. The van der Waals surface area contributed by atoms with E-state index in [1.165, 1.54) is 35.1 Å². The Balaban J connectivity index is 1.63. The van der Waals surface area contributed by atoms with E-state index in [2.05, 4.69) is 82.4 Å². The van der Waals surface area contributed by atoms with Crippen LogP contribution in [0.1, 0.15) is 30.4 Å². The van der Waals surface area contributed by atoms with Gasteiger partial charge in [-0.3, -0.25) is 4.90 Å². The predicted octanol–water partition coefficient (Wildman–Crippen LogP) is 5.07. The number of rotatable bonds is 3. The maximum absolute atomic E-state index is 3.52. The Hall–Kier alpha value is -1.12. The predicted molar refractivity (Wildman–Crippen MR) is 92.4 cm³/mol. The molecule has 1 aliphatic heterocycles. The van der Waals surface area contributed by atoms with Crippen LogP contribution in [0, 0.1) is 5.92 Å². The van der Waals surface area contributed by atoms with Gasteiger partial charge in [-0.2, -0.15) is 0 Å². The molecule has 110 valence electrons. The maximum atomic E-state index is 3.52. The number of halogens is 1. The molecule has 0 N–H and O–H groups in total. The molecule has 21 heavy (non-hydrogen) atoms. The summed E-state index contributed by atoms with van der Waals surface area (Å²) in [6, 6.07) is 19.7. The van der Waals surface area contributed by atoms with Gasteiger partial charge >= 0.3 is 0 Å². The molecule has 0 radical (unpaired) electrons. The van der Waals surface area contributed by atoms with Crippen LogP contribution in [0.5, 0.6) is 0 Å². The van der Waals surface area contributed by atoms with Crippen LogP contribution >= 0.6 is 15.9 Å². The smallest absolute Gasteiger partial charge is 0.0233 e. The number of piperidine rings is 1. The highest BCUT2D eigenvalue weighted by molar-refractivity contribution is 9.10. The molecule has 2 atom stereocenters. The minimum absolute atomic E-state index is 0.699. The minimum atomic E-state index is 0.699. The topological polar surface area (TPSA) is 3.24 Å².